The lowest BCUT2D eigenvalue weighted by Crippen LogP contribution is -2.54. The van der Waals surface area contributed by atoms with Crippen LogP contribution in [0.3, 0.4) is 0 Å². The third kappa shape index (κ3) is 5.57. The maximum absolute atomic E-state index is 6.36. The van der Waals surface area contributed by atoms with Crippen LogP contribution in [0.1, 0.15) is 0 Å². The van der Waals surface area contributed by atoms with E-state index in [2.05, 4.69) is 45.9 Å². The fraction of sp³-hybridized carbons (Fsp3) is 0.500. The first-order valence-corrected chi connectivity index (χ1v) is 11.3. The van der Waals surface area contributed by atoms with Crippen LogP contribution in [0, 0.1) is 0 Å². The number of benzene rings is 1. The molecule has 2 aromatic rings. The lowest BCUT2D eigenvalue weighted by atomic mass is 10.2. The van der Waals surface area contributed by atoms with E-state index in [0.29, 0.717) is 0 Å². The Morgan fingerprint density at radius 1 is 0.935 bits per heavy atom. The number of aliphatic imine (C=N–C) groups is 1. The molecule has 0 saturated carbocycles. The molecule has 8 nitrogen and oxygen atoms in total. The van der Waals surface area contributed by atoms with E-state index < -0.39 is 0 Å². The quantitative estimate of drug-likeness (QED) is 0.558. The molecule has 31 heavy (non-hydrogen) atoms. The number of anilines is 2. The number of aromatic nitrogens is 2. The third-order valence-corrected chi connectivity index (χ3v) is 6.22. The normalized spacial score (nSPS) is 18.4. The van der Waals surface area contributed by atoms with Crippen molar-refractivity contribution in [2.24, 2.45) is 4.99 Å². The Hall–Kier alpha value is -2.58. The van der Waals surface area contributed by atoms with Crippen LogP contribution in [0.5, 0.6) is 0 Å². The van der Waals surface area contributed by atoms with Crippen molar-refractivity contribution in [2.45, 2.75) is 0 Å². The molecule has 0 aliphatic carbocycles. The minimum Gasteiger partial charge on any atom is -0.367 e. The maximum Gasteiger partial charge on any atom is 0.225 e. The molecule has 2 aliphatic heterocycles. The summed E-state index contributed by atoms with van der Waals surface area (Å²) in [5.74, 6) is 1.81. The first-order valence-electron chi connectivity index (χ1n) is 10.9. The third-order valence-electron chi connectivity index (χ3n) is 5.90. The van der Waals surface area contributed by atoms with Gasteiger partial charge in [-0.2, -0.15) is 0 Å². The summed E-state index contributed by atoms with van der Waals surface area (Å²) in [5.41, 5.74) is 1.12. The number of hydrogen-bond donors (Lipinski definition) is 1. The molecule has 0 unspecified atom stereocenters. The van der Waals surface area contributed by atoms with Crippen LogP contribution in [0.4, 0.5) is 11.6 Å². The summed E-state index contributed by atoms with van der Waals surface area (Å²) in [6, 6.07) is 9.92. The molecular formula is C22H31ClN8. The number of para-hydroxylation sites is 1. The number of nitrogens with zero attached hydrogens (tertiary/aromatic N) is 7. The molecule has 0 atom stereocenters. The van der Waals surface area contributed by atoms with Crippen LogP contribution in [0.25, 0.3) is 0 Å². The van der Waals surface area contributed by atoms with Crippen LogP contribution in [-0.4, -0.2) is 98.2 Å². The van der Waals surface area contributed by atoms with Crippen LogP contribution in [-0.2, 0) is 0 Å². The van der Waals surface area contributed by atoms with Crippen LogP contribution < -0.4 is 15.1 Å². The van der Waals surface area contributed by atoms with Gasteiger partial charge in [0.05, 0.1) is 10.7 Å². The number of piperazine rings is 2. The minimum atomic E-state index is 0.817. The van der Waals surface area contributed by atoms with Gasteiger partial charge in [-0.25, -0.2) is 9.97 Å². The lowest BCUT2D eigenvalue weighted by molar-refractivity contribution is 0.258. The van der Waals surface area contributed by atoms with Crippen molar-refractivity contribution in [2.75, 3.05) is 82.3 Å². The topological polar surface area (TPSA) is 63.1 Å². The van der Waals surface area contributed by atoms with Gasteiger partial charge >= 0.3 is 0 Å². The van der Waals surface area contributed by atoms with Gasteiger partial charge in [0.15, 0.2) is 5.96 Å². The fourth-order valence-corrected chi connectivity index (χ4v) is 4.41. The van der Waals surface area contributed by atoms with Crippen molar-refractivity contribution in [3.8, 4) is 0 Å². The van der Waals surface area contributed by atoms with E-state index in [1.807, 2.05) is 31.3 Å². The zero-order valence-corrected chi connectivity index (χ0v) is 18.9. The molecule has 3 heterocycles. The molecule has 0 amide bonds. The summed E-state index contributed by atoms with van der Waals surface area (Å²) in [6.07, 6.45) is 3.61. The molecule has 2 saturated heterocycles. The van der Waals surface area contributed by atoms with Crippen molar-refractivity contribution in [1.82, 2.24) is 25.1 Å². The predicted octanol–water partition coefficient (Wildman–Crippen LogP) is 1.65. The fourth-order valence-electron chi connectivity index (χ4n) is 4.15. The van der Waals surface area contributed by atoms with Crippen LogP contribution in [0.2, 0.25) is 5.02 Å². The Morgan fingerprint density at radius 2 is 1.61 bits per heavy atom. The molecule has 9 heteroatoms. The van der Waals surface area contributed by atoms with Gasteiger partial charge in [-0.15, -0.1) is 0 Å². The molecule has 4 rings (SSSR count). The predicted molar refractivity (Wildman–Crippen MR) is 127 cm³/mol. The summed E-state index contributed by atoms with van der Waals surface area (Å²) in [5, 5.41) is 4.36. The van der Waals surface area contributed by atoms with E-state index in [9.17, 15) is 0 Å². The number of rotatable bonds is 5. The minimum absolute atomic E-state index is 0.817. The molecule has 1 aromatic heterocycles. The molecule has 0 radical (unpaired) electrons. The second-order valence-electron chi connectivity index (χ2n) is 7.78. The highest BCUT2D eigenvalue weighted by Gasteiger charge is 2.22. The van der Waals surface area contributed by atoms with Gasteiger partial charge in [0, 0.05) is 84.9 Å². The highest BCUT2D eigenvalue weighted by Crippen LogP contribution is 2.26. The smallest absolute Gasteiger partial charge is 0.225 e. The van der Waals surface area contributed by atoms with Crippen molar-refractivity contribution in [1.29, 1.82) is 0 Å². The zero-order valence-electron chi connectivity index (χ0n) is 18.1. The lowest BCUT2D eigenvalue weighted by Gasteiger charge is -2.38. The molecule has 1 aromatic carbocycles. The van der Waals surface area contributed by atoms with Gasteiger partial charge in [0.1, 0.15) is 0 Å². The van der Waals surface area contributed by atoms with Gasteiger partial charge in [-0.05, 0) is 18.2 Å². The van der Waals surface area contributed by atoms with Gasteiger partial charge in [-0.3, -0.25) is 9.89 Å². The molecule has 166 valence electrons. The Balaban J connectivity index is 1.18. The number of guanidine groups is 1. The standard InChI is InChI=1S/C22H31ClN8/c1-24-21(30-17-15-29(16-18-30)20-6-3-2-5-19(20)23)27-9-10-28-11-13-31(14-12-28)22-25-7-4-8-26-22/h2-8H,9-18H2,1H3,(H,24,27). The molecule has 2 fully saturated rings. The monoisotopic (exact) mass is 442 g/mol. The molecule has 0 bridgehead atoms. The highest BCUT2D eigenvalue weighted by molar-refractivity contribution is 6.33. The van der Waals surface area contributed by atoms with Gasteiger partial charge in [0.25, 0.3) is 0 Å². The summed E-state index contributed by atoms with van der Waals surface area (Å²) >= 11 is 6.36. The Kier molecular flexibility index (Phi) is 7.43. The maximum atomic E-state index is 6.36. The highest BCUT2D eigenvalue weighted by atomic mass is 35.5. The van der Waals surface area contributed by atoms with Gasteiger partial charge in [-0.1, -0.05) is 23.7 Å². The largest absolute Gasteiger partial charge is 0.367 e. The van der Waals surface area contributed by atoms with Gasteiger partial charge in [0.2, 0.25) is 5.95 Å². The average Bonchev–Trinajstić information content (AvgIpc) is 2.83. The van der Waals surface area contributed by atoms with E-state index in [1.54, 1.807) is 12.4 Å². The van der Waals surface area contributed by atoms with E-state index >= 15 is 0 Å². The summed E-state index contributed by atoms with van der Waals surface area (Å²) in [4.78, 5) is 22.6. The van der Waals surface area contributed by atoms with E-state index in [-0.39, 0.29) is 0 Å². The van der Waals surface area contributed by atoms with Crippen molar-refractivity contribution in [3.05, 3.63) is 47.7 Å². The van der Waals surface area contributed by atoms with Crippen LogP contribution in [0.15, 0.2) is 47.7 Å². The van der Waals surface area contributed by atoms with E-state index in [4.69, 9.17) is 11.6 Å². The molecule has 0 spiro atoms. The summed E-state index contributed by atoms with van der Waals surface area (Å²) in [6.45, 7) is 9.60. The van der Waals surface area contributed by atoms with Crippen molar-refractivity contribution < 1.29 is 0 Å². The van der Waals surface area contributed by atoms with E-state index in [1.165, 1.54) is 0 Å². The summed E-state index contributed by atoms with van der Waals surface area (Å²) in [7, 11) is 1.86. The molecular weight excluding hydrogens is 412 g/mol. The second kappa shape index (κ2) is 10.6. The average molecular weight is 443 g/mol. The van der Waals surface area contributed by atoms with Gasteiger partial charge < -0.3 is 20.0 Å². The SMILES string of the molecule is CN=C(NCCN1CCN(c2ncccn2)CC1)N1CCN(c2ccccc2Cl)CC1. The van der Waals surface area contributed by atoms with Crippen LogP contribution >= 0.6 is 11.6 Å². The first-order chi connectivity index (χ1) is 15.2. The summed E-state index contributed by atoms with van der Waals surface area (Å²) < 4.78 is 0. The molecule has 2 aliphatic rings. The Morgan fingerprint density at radius 3 is 2.29 bits per heavy atom. The first kappa shape index (κ1) is 21.6. The zero-order chi connectivity index (χ0) is 21.5. The van der Waals surface area contributed by atoms with E-state index in [0.717, 1.165) is 88.1 Å². The number of halogens is 1. The Bertz CT molecular complexity index is 846. The molecule has 1 N–H and O–H groups in total. The van der Waals surface area contributed by atoms with Crippen molar-refractivity contribution >= 4 is 29.2 Å². The second-order valence-corrected chi connectivity index (χ2v) is 8.18. The number of nitrogens with one attached hydrogen (secondary N) is 1. The number of hydrogen-bond acceptors (Lipinski definition) is 6. The Labute approximate surface area is 189 Å². The van der Waals surface area contributed by atoms with Crippen molar-refractivity contribution in [3.63, 3.8) is 0 Å².